The molecule has 1 aromatic carbocycles. The van der Waals surface area contributed by atoms with Crippen molar-refractivity contribution in [3.8, 4) is 5.69 Å². The summed E-state index contributed by atoms with van der Waals surface area (Å²) in [5.41, 5.74) is 2.55. The van der Waals surface area contributed by atoms with Gasteiger partial charge in [0.1, 0.15) is 5.82 Å². The van der Waals surface area contributed by atoms with Crippen molar-refractivity contribution in [2.45, 2.75) is 32.3 Å². The molecule has 0 saturated heterocycles. The van der Waals surface area contributed by atoms with E-state index in [-0.39, 0.29) is 23.2 Å². The second-order valence-corrected chi connectivity index (χ2v) is 9.18. The van der Waals surface area contributed by atoms with Gasteiger partial charge in [0.25, 0.3) is 0 Å². The number of benzene rings is 1. The van der Waals surface area contributed by atoms with Crippen LogP contribution >= 0.6 is 0 Å². The molecule has 2 heterocycles. The van der Waals surface area contributed by atoms with Crippen LogP contribution in [0.5, 0.6) is 0 Å². The number of amides is 2. The Morgan fingerprint density at radius 2 is 1.81 bits per heavy atom. The number of hydrogen-bond donors (Lipinski definition) is 2. The molecule has 0 fully saturated rings. The molecule has 9 heteroatoms. The summed E-state index contributed by atoms with van der Waals surface area (Å²) >= 11 is 0. The maximum Gasteiger partial charge on any atom is 0.314 e. The van der Waals surface area contributed by atoms with Crippen molar-refractivity contribution in [3.63, 3.8) is 0 Å². The predicted octanol–water partition coefficient (Wildman–Crippen LogP) is 1.32. The summed E-state index contributed by atoms with van der Waals surface area (Å²) < 4.78 is 25.4. The number of aromatic nitrogens is 2. The van der Waals surface area contributed by atoms with E-state index in [0.29, 0.717) is 23.5 Å². The highest BCUT2D eigenvalue weighted by molar-refractivity contribution is 7.90. The van der Waals surface area contributed by atoms with Crippen LogP contribution in [0.15, 0.2) is 24.3 Å². The molecule has 2 amide bonds. The van der Waals surface area contributed by atoms with Gasteiger partial charge in [0.15, 0.2) is 9.84 Å². The first-order valence-electron chi connectivity index (χ1n) is 8.63. The molecule has 3 rings (SSSR count). The van der Waals surface area contributed by atoms with Crippen LogP contribution in [0, 0.1) is 12.8 Å². The second kappa shape index (κ2) is 7.15. The monoisotopic (exact) mass is 390 g/mol. The zero-order valence-corrected chi connectivity index (χ0v) is 16.3. The van der Waals surface area contributed by atoms with Crippen LogP contribution in [0.2, 0.25) is 0 Å². The van der Waals surface area contributed by atoms with Crippen molar-refractivity contribution in [3.05, 3.63) is 41.1 Å². The van der Waals surface area contributed by atoms with E-state index in [1.807, 2.05) is 45.0 Å². The molecule has 0 unspecified atom stereocenters. The molecule has 1 aliphatic rings. The van der Waals surface area contributed by atoms with Crippen LogP contribution in [0.4, 0.5) is 5.82 Å². The molecule has 8 nitrogen and oxygen atoms in total. The van der Waals surface area contributed by atoms with Crippen LogP contribution in [0.3, 0.4) is 0 Å². The Morgan fingerprint density at radius 1 is 1.15 bits per heavy atom. The van der Waals surface area contributed by atoms with Gasteiger partial charge in [0, 0.05) is 12.1 Å². The smallest absolute Gasteiger partial charge is 0.314 e. The largest absolute Gasteiger partial charge is 0.348 e. The molecule has 0 radical (unpaired) electrons. The third kappa shape index (κ3) is 4.19. The fourth-order valence-corrected chi connectivity index (χ4v) is 4.28. The third-order valence-electron chi connectivity index (χ3n) is 4.18. The van der Waals surface area contributed by atoms with E-state index in [9.17, 15) is 18.0 Å². The number of carbonyl (C=O) groups excluding carboxylic acids is 2. The maximum absolute atomic E-state index is 12.3. The highest BCUT2D eigenvalue weighted by Crippen LogP contribution is 2.32. The first kappa shape index (κ1) is 19.1. The van der Waals surface area contributed by atoms with Crippen molar-refractivity contribution < 1.29 is 18.0 Å². The zero-order valence-electron chi connectivity index (χ0n) is 15.4. The summed E-state index contributed by atoms with van der Waals surface area (Å²) in [6.45, 7) is 6.15. The Kier molecular flexibility index (Phi) is 5.05. The van der Waals surface area contributed by atoms with Crippen molar-refractivity contribution >= 4 is 27.5 Å². The Labute approximate surface area is 157 Å². The summed E-state index contributed by atoms with van der Waals surface area (Å²) in [4.78, 5) is 24.3. The fraction of sp³-hybridized carbons (Fsp3) is 0.389. The average molecular weight is 390 g/mol. The van der Waals surface area contributed by atoms with Gasteiger partial charge in [-0.25, -0.2) is 13.1 Å². The molecule has 0 atom stereocenters. The van der Waals surface area contributed by atoms with E-state index < -0.39 is 21.7 Å². The van der Waals surface area contributed by atoms with E-state index in [4.69, 9.17) is 0 Å². The highest BCUT2D eigenvalue weighted by atomic mass is 32.2. The molecule has 1 aliphatic heterocycles. The minimum atomic E-state index is -3.30. The average Bonchev–Trinajstić information content (AvgIpc) is 3.06. The molecule has 0 saturated carbocycles. The Morgan fingerprint density at radius 3 is 2.44 bits per heavy atom. The minimum Gasteiger partial charge on any atom is -0.348 e. The fourth-order valence-electron chi connectivity index (χ4n) is 2.79. The number of nitrogens with one attached hydrogen (secondary N) is 2. The molecule has 27 heavy (non-hydrogen) atoms. The molecule has 0 bridgehead atoms. The number of aryl methyl sites for hydroxylation is 1. The summed E-state index contributed by atoms with van der Waals surface area (Å²) in [6, 6.07) is 7.42. The quantitative estimate of drug-likeness (QED) is 0.765. The van der Waals surface area contributed by atoms with E-state index in [1.165, 1.54) is 4.68 Å². The lowest BCUT2D eigenvalue weighted by Gasteiger charge is -2.12. The minimum absolute atomic E-state index is 0.177. The Bertz CT molecular complexity index is 991. The van der Waals surface area contributed by atoms with Gasteiger partial charge >= 0.3 is 11.8 Å². The lowest BCUT2D eigenvalue weighted by Crippen LogP contribution is -2.37. The number of rotatable bonds is 4. The molecule has 2 aromatic rings. The first-order chi connectivity index (χ1) is 12.7. The van der Waals surface area contributed by atoms with Crippen LogP contribution in [-0.4, -0.2) is 36.6 Å². The number of nitrogens with zero attached hydrogens (tertiary/aromatic N) is 2. The standard InChI is InChI=1S/C18H22N4O4S/c1-11(2)8-19-17(23)18(24)20-16-14-9-27(25,26)10-15(14)21-22(16)13-6-4-12(3)5-7-13/h4-7,11H,8-10H2,1-3H3,(H,19,23)(H,20,24). The number of sulfone groups is 1. The summed E-state index contributed by atoms with van der Waals surface area (Å²) in [5.74, 6) is -1.58. The molecule has 2 N–H and O–H groups in total. The van der Waals surface area contributed by atoms with Gasteiger partial charge in [-0.1, -0.05) is 31.5 Å². The van der Waals surface area contributed by atoms with Gasteiger partial charge in [0.2, 0.25) is 0 Å². The number of fused-ring (bicyclic) bond motifs is 1. The van der Waals surface area contributed by atoms with Crippen LogP contribution in [0.25, 0.3) is 5.69 Å². The van der Waals surface area contributed by atoms with Gasteiger partial charge in [-0.2, -0.15) is 5.10 Å². The van der Waals surface area contributed by atoms with E-state index in [1.54, 1.807) is 0 Å². The molecule has 144 valence electrons. The van der Waals surface area contributed by atoms with Crippen molar-refractivity contribution in [1.29, 1.82) is 0 Å². The zero-order chi connectivity index (χ0) is 19.8. The van der Waals surface area contributed by atoms with Gasteiger partial charge in [0.05, 0.1) is 22.9 Å². The molecular formula is C18H22N4O4S. The van der Waals surface area contributed by atoms with Crippen LogP contribution < -0.4 is 10.6 Å². The lowest BCUT2D eigenvalue weighted by molar-refractivity contribution is -0.136. The molecule has 1 aromatic heterocycles. The maximum atomic E-state index is 12.3. The Hall–Kier alpha value is -2.68. The number of carbonyl (C=O) groups is 2. The van der Waals surface area contributed by atoms with E-state index >= 15 is 0 Å². The normalized spacial score (nSPS) is 14.8. The van der Waals surface area contributed by atoms with E-state index in [0.717, 1.165) is 5.56 Å². The molecule has 0 aliphatic carbocycles. The third-order valence-corrected chi connectivity index (χ3v) is 5.62. The molecule has 0 spiro atoms. The van der Waals surface area contributed by atoms with Gasteiger partial charge in [-0.05, 0) is 25.0 Å². The summed E-state index contributed by atoms with van der Waals surface area (Å²) in [7, 11) is -3.30. The van der Waals surface area contributed by atoms with Crippen molar-refractivity contribution in [2.24, 2.45) is 5.92 Å². The SMILES string of the molecule is Cc1ccc(-n2nc3c(c2NC(=O)C(=O)NCC(C)C)CS(=O)(=O)C3)cc1. The predicted molar refractivity (Wildman–Crippen MR) is 101 cm³/mol. The molecular weight excluding hydrogens is 368 g/mol. The Balaban J connectivity index is 1.94. The van der Waals surface area contributed by atoms with Gasteiger partial charge in [-0.3, -0.25) is 9.59 Å². The number of hydrogen-bond acceptors (Lipinski definition) is 5. The highest BCUT2D eigenvalue weighted by Gasteiger charge is 2.33. The first-order valence-corrected chi connectivity index (χ1v) is 10.5. The van der Waals surface area contributed by atoms with E-state index in [2.05, 4.69) is 15.7 Å². The topological polar surface area (TPSA) is 110 Å². The summed E-state index contributed by atoms with van der Waals surface area (Å²) in [5, 5.41) is 9.46. The lowest BCUT2D eigenvalue weighted by atomic mass is 10.2. The van der Waals surface area contributed by atoms with Gasteiger partial charge in [-0.15, -0.1) is 0 Å². The van der Waals surface area contributed by atoms with Crippen molar-refractivity contribution in [2.75, 3.05) is 11.9 Å². The second-order valence-electron chi connectivity index (χ2n) is 7.11. The van der Waals surface area contributed by atoms with Crippen LogP contribution in [-0.2, 0) is 30.9 Å². The summed E-state index contributed by atoms with van der Waals surface area (Å²) in [6.07, 6.45) is 0. The number of anilines is 1. The van der Waals surface area contributed by atoms with Gasteiger partial charge < -0.3 is 10.6 Å². The van der Waals surface area contributed by atoms with Crippen molar-refractivity contribution in [1.82, 2.24) is 15.1 Å². The van der Waals surface area contributed by atoms with Crippen LogP contribution in [0.1, 0.15) is 30.7 Å².